The van der Waals surface area contributed by atoms with Crippen molar-refractivity contribution in [2.45, 2.75) is 38.8 Å². The first kappa shape index (κ1) is 18.7. The summed E-state index contributed by atoms with van der Waals surface area (Å²) in [4.78, 5) is 27.9. The Morgan fingerprint density at radius 2 is 1.78 bits per heavy atom. The molecule has 1 aromatic heterocycles. The second-order valence-corrected chi connectivity index (χ2v) is 6.58. The Labute approximate surface area is 158 Å². The molecule has 1 heterocycles. The van der Waals surface area contributed by atoms with Crippen LogP contribution >= 0.6 is 0 Å². The van der Waals surface area contributed by atoms with Crippen molar-refractivity contribution in [3.05, 3.63) is 71.9 Å². The molecule has 1 amide bonds. The van der Waals surface area contributed by atoms with E-state index in [2.05, 4.69) is 17.2 Å². The molecule has 0 bridgehead atoms. The molecule has 5 nitrogen and oxygen atoms in total. The summed E-state index contributed by atoms with van der Waals surface area (Å²) in [6, 6.07) is 19.0. The summed E-state index contributed by atoms with van der Waals surface area (Å²) in [6.45, 7) is 3.66. The monoisotopic (exact) mass is 364 g/mol. The number of aromatic nitrogens is 1. The topological polar surface area (TPSA) is 71.2 Å². The van der Waals surface area contributed by atoms with E-state index in [1.807, 2.05) is 54.6 Å². The number of nitrogens with one attached hydrogen (secondary N) is 2. The molecule has 2 aromatic carbocycles. The SMILES string of the molecule is CCCC(NC(=O)C(C)OC(=O)c1cc2ccccc2[nH]1)c1ccccc1. The number of hydrogen-bond donors (Lipinski definition) is 2. The van der Waals surface area contributed by atoms with Gasteiger partial charge >= 0.3 is 5.97 Å². The van der Waals surface area contributed by atoms with Gasteiger partial charge in [0.2, 0.25) is 0 Å². The van der Waals surface area contributed by atoms with E-state index < -0.39 is 12.1 Å². The molecule has 3 rings (SSSR count). The molecule has 0 aliphatic carbocycles. The lowest BCUT2D eigenvalue weighted by molar-refractivity contribution is -0.129. The number of benzene rings is 2. The number of aromatic amines is 1. The van der Waals surface area contributed by atoms with Crippen LogP contribution in [0.2, 0.25) is 0 Å². The van der Waals surface area contributed by atoms with Crippen LogP contribution in [-0.2, 0) is 9.53 Å². The number of hydrogen-bond acceptors (Lipinski definition) is 3. The predicted octanol–water partition coefficient (Wildman–Crippen LogP) is 4.37. The van der Waals surface area contributed by atoms with E-state index in [1.165, 1.54) is 0 Å². The lowest BCUT2D eigenvalue weighted by Crippen LogP contribution is -2.38. The lowest BCUT2D eigenvalue weighted by Gasteiger charge is -2.21. The molecule has 0 saturated carbocycles. The lowest BCUT2D eigenvalue weighted by atomic mass is 10.0. The van der Waals surface area contributed by atoms with Gasteiger partial charge in [0.15, 0.2) is 6.10 Å². The molecule has 0 radical (unpaired) electrons. The average Bonchev–Trinajstić information content (AvgIpc) is 3.12. The molecular formula is C22H24N2O3. The van der Waals surface area contributed by atoms with Gasteiger partial charge in [0, 0.05) is 10.9 Å². The van der Waals surface area contributed by atoms with E-state index in [0.717, 1.165) is 29.3 Å². The molecule has 27 heavy (non-hydrogen) atoms. The van der Waals surface area contributed by atoms with Gasteiger partial charge in [-0.1, -0.05) is 61.9 Å². The fourth-order valence-corrected chi connectivity index (χ4v) is 3.05. The average molecular weight is 364 g/mol. The zero-order valence-electron chi connectivity index (χ0n) is 15.6. The molecule has 2 atom stereocenters. The Morgan fingerprint density at radius 3 is 2.48 bits per heavy atom. The van der Waals surface area contributed by atoms with E-state index in [1.54, 1.807) is 13.0 Å². The smallest absolute Gasteiger partial charge is 0.355 e. The molecular weight excluding hydrogens is 340 g/mol. The number of esters is 1. The first-order valence-corrected chi connectivity index (χ1v) is 9.22. The largest absolute Gasteiger partial charge is 0.448 e. The van der Waals surface area contributed by atoms with E-state index in [0.29, 0.717) is 5.69 Å². The molecule has 0 fully saturated rings. The fraction of sp³-hybridized carbons (Fsp3) is 0.273. The van der Waals surface area contributed by atoms with Crippen LogP contribution in [0.15, 0.2) is 60.7 Å². The van der Waals surface area contributed by atoms with Gasteiger partial charge in [0.25, 0.3) is 5.91 Å². The van der Waals surface area contributed by atoms with Crippen molar-refractivity contribution in [1.82, 2.24) is 10.3 Å². The minimum Gasteiger partial charge on any atom is -0.448 e. The molecule has 2 N–H and O–H groups in total. The fourth-order valence-electron chi connectivity index (χ4n) is 3.05. The van der Waals surface area contributed by atoms with E-state index in [4.69, 9.17) is 4.74 Å². The summed E-state index contributed by atoms with van der Waals surface area (Å²) in [7, 11) is 0. The molecule has 140 valence electrons. The van der Waals surface area contributed by atoms with Crippen LogP contribution in [-0.4, -0.2) is 23.0 Å². The standard InChI is InChI=1S/C22H24N2O3/c1-3-9-18(16-10-5-4-6-11-16)24-21(25)15(2)27-22(26)20-14-17-12-7-8-13-19(17)23-20/h4-8,10-15,18,23H,3,9H2,1-2H3,(H,24,25). The van der Waals surface area contributed by atoms with Crippen LogP contribution < -0.4 is 5.32 Å². The van der Waals surface area contributed by atoms with Crippen LogP contribution in [0.5, 0.6) is 0 Å². The number of ether oxygens (including phenoxy) is 1. The highest BCUT2D eigenvalue weighted by molar-refractivity contribution is 5.96. The molecule has 0 aliphatic rings. The Balaban J connectivity index is 1.64. The van der Waals surface area contributed by atoms with Crippen molar-refractivity contribution >= 4 is 22.8 Å². The van der Waals surface area contributed by atoms with Crippen molar-refractivity contribution in [2.75, 3.05) is 0 Å². The first-order chi connectivity index (χ1) is 13.1. The minimum atomic E-state index is -0.882. The summed E-state index contributed by atoms with van der Waals surface area (Å²) < 4.78 is 5.36. The van der Waals surface area contributed by atoms with Gasteiger partial charge in [-0.2, -0.15) is 0 Å². The Kier molecular flexibility index (Phi) is 5.91. The number of carbonyl (C=O) groups is 2. The third-order valence-electron chi connectivity index (χ3n) is 4.50. The van der Waals surface area contributed by atoms with Crippen LogP contribution in [0.3, 0.4) is 0 Å². The highest BCUT2D eigenvalue weighted by Gasteiger charge is 2.23. The molecule has 0 aliphatic heterocycles. The zero-order valence-corrected chi connectivity index (χ0v) is 15.6. The van der Waals surface area contributed by atoms with Crippen LogP contribution in [0.1, 0.15) is 48.8 Å². The molecule has 3 aromatic rings. The van der Waals surface area contributed by atoms with E-state index >= 15 is 0 Å². The normalized spacial score (nSPS) is 13.1. The van der Waals surface area contributed by atoms with Crippen LogP contribution in [0.25, 0.3) is 10.9 Å². The number of carbonyl (C=O) groups excluding carboxylic acids is 2. The van der Waals surface area contributed by atoms with Gasteiger partial charge in [0.1, 0.15) is 5.69 Å². The van der Waals surface area contributed by atoms with E-state index in [-0.39, 0.29) is 11.9 Å². The maximum absolute atomic E-state index is 12.5. The second-order valence-electron chi connectivity index (χ2n) is 6.58. The predicted molar refractivity (Wildman–Crippen MR) is 105 cm³/mol. The van der Waals surface area contributed by atoms with Gasteiger partial charge in [-0.25, -0.2) is 4.79 Å². The highest BCUT2D eigenvalue weighted by Crippen LogP contribution is 2.19. The summed E-state index contributed by atoms with van der Waals surface area (Å²) in [5.41, 5.74) is 2.24. The quantitative estimate of drug-likeness (QED) is 0.612. The number of amides is 1. The Morgan fingerprint density at radius 1 is 1.07 bits per heavy atom. The molecule has 0 saturated heterocycles. The van der Waals surface area contributed by atoms with Crippen molar-refractivity contribution in [3.63, 3.8) is 0 Å². The first-order valence-electron chi connectivity index (χ1n) is 9.22. The van der Waals surface area contributed by atoms with Crippen molar-refractivity contribution in [2.24, 2.45) is 0 Å². The maximum Gasteiger partial charge on any atom is 0.355 e. The van der Waals surface area contributed by atoms with Crippen LogP contribution in [0, 0.1) is 0 Å². The van der Waals surface area contributed by atoms with Crippen molar-refractivity contribution in [3.8, 4) is 0 Å². The van der Waals surface area contributed by atoms with Gasteiger partial charge < -0.3 is 15.0 Å². The van der Waals surface area contributed by atoms with E-state index in [9.17, 15) is 9.59 Å². The zero-order chi connectivity index (χ0) is 19.2. The van der Waals surface area contributed by atoms with Gasteiger partial charge in [0.05, 0.1) is 6.04 Å². The Hall–Kier alpha value is -3.08. The summed E-state index contributed by atoms with van der Waals surface area (Å²) in [5.74, 6) is -0.845. The van der Waals surface area contributed by atoms with Crippen molar-refractivity contribution in [1.29, 1.82) is 0 Å². The maximum atomic E-state index is 12.5. The number of rotatable bonds is 7. The third-order valence-corrected chi connectivity index (χ3v) is 4.50. The number of H-pyrrole nitrogens is 1. The summed E-state index contributed by atoms with van der Waals surface area (Å²) in [6.07, 6.45) is 0.869. The summed E-state index contributed by atoms with van der Waals surface area (Å²) >= 11 is 0. The second kappa shape index (κ2) is 8.54. The van der Waals surface area contributed by atoms with Gasteiger partial charge in [-0.05, 0) is 31.0 Å². The van der Waals surface area contributed by atoms with Gasteiger partial charge in [-0.15, -0.1) is 0 Å². The van der Waals surface area contributed by atoms with Gasteiger partial charge in [-0.3, -0.25) is 4.79 Å². The van der Waals surface area contributed by atoms with Crippen molar-refractivity contribution < 1.29 is 14.3 Å². The molecule has 0 spiro atoms. The van der Waals surface area contributed by atoms with Crippen LogP contribution in [0.4, 0.5) is 0 Å². The number of fused-ring (bicyclic) bond motifs is 1. The molecule has 2 unspecified atom stereocenters. The number of para-hydroxylation sites is 1. The third kappa shape index (κ3) is 4.56. The highest BCUT2D eigenvalue weighted by atomic mass is 16.5. The molecule has 5 heteroatoms. The Bertz CT molecular complexity index is 884. The minimum absolute atomic E-state index is 0.0991. The summed E-state index contributed by atoms with van der Waals surface area (Å²) in [5, 5.41) is 3.92.